The van der Waals surface area contributed by atoms with Gasteiger partial charge in [-0.25, -0.2) is 0 Å². The molecule has 0 atom stereocenters. The first-order valence-corrected chi connectivity index (χ1v) is 5.56. The maximum absolute atomic E-state index is 9.31. The Morgan fingerprint density at radius 3 is 2.12 bits per heavy atom. The van der Waals surface area contributed by atoms with E-state index in [1.807, 2.05) is 36.4 Å². The van der Waals surface area contributed by atoms with Crippen LogP contribution < -0.4 is 0 Å². The van der Waals surface area contributed by atoms with Crippen LogP contribution in [0.3, 0.4) is 0 Å². The van der Waals surface area contributed by atoms with E-state index in [1.165, 1.54) is 0 Å². The zero-order chi connectivity index (χ0) is 12.1. The minimum absolute atomic E-state index is 0.0179. The van der Waals surface area contributed by atoms with Crippen LogP contribution in [-0.4, -0.2) is 15.2 Å². The van der Waals surface area contributed by atoms with Crippen molar-refractivity contribution in [3.8, 4) is 0 Å². The fourth-order valence-corrected chi connectivity index (χ4v) is 1.89. The summed E-state index contributed by atoms with van der Waals surface area (Å²) in [4.78, 5) is 4.26. The highest BCUT2D eigenvalue weighted by Crippen LogP contribution is 2.18. The third-order valence-electron chi connectivity index (χ3n) is 2.79. The number of pyridine rings is 1. The van der Waals surface area contributed by atoms with Crippen molar-refractivity contribution in [2.24, 2.45) is 0 Å². The van der Waals surface area contributed by atoms with E-state index in [0.29, 0.717) is 6.42 Å². The maximum Gasteiger partial charge on any atom is 0.0684 e. The SMILES string of the molecule is OCc1cccc(CO)c1Cc1ccccn1. The highest BCUT2D eigenvalue weighted by atomic mass is 16.3. The van der Waals surface area contributed by atoms with Crippen LogP contribution in [-0.2, 0) is 19.6 Å². The number of hydrogen-bond acceptors (Lipinski definition) is 3. The molecule has 88 valence electrons. The van der Waals surface area contributed by atoms with E-state index in [9.17, 15) is 10.2 Å². The van der Waals surface area contributed by atoms with Gasteiger partial charge in [-0.2, -0.15) is 0 Å². The summed E-state index contributed by atoms with van der Waals surface area (Å²) in [5.74, 6) is 0. The average Bonchev–Trinajstić information content (AvgIpc) is 2.40. The van der Waals surface area contributed by atoms with Gasteiger partial charge in [-0.3, -0.25) is 4.98 Å². The van der Waals surface area contributed by atoms with Gasteiger partial charge in [0, 0.05) is 18.3 Å². The van der Waals surface area contributed by atoms with Gasteiger partial charge in [-0.1, -0.05) is 24.3 Å². The average molecular weight is 229 g/mol. The number of aliphatic hydroxyl groups excluding tert-OH is 2. The van der Waals surface area contributed by atoms with Gasteiger partial charge in [0.2, 0.25) is 0 Å². The Morgan fingerprint density at radius 1 is 0.882 bits per heavy atom. The van der Waals surface area contributed by atoms with Crippen molar-refractivity contribution in [2.75, 3.05) is 0 Å². The number of aliphatic hydroxyl groups is 2. The van der Waals surface area contributed by atoms with Crippen molar-refractivity contribution < 1.29 is 10.2 Å². The normalized spacial score (nSPS) is 10.5. The lowest BCUT2D eigenvalue weighted by molar-refractivity contribution is 0.273. The zero-order valence-electron chi connectivity index (χ0n) is 9.50. The zero-order valence-corrected chi connectivity index (χ0v) is 9.50. The molecule has 0 radical (unpaired) electrons. The molecule has 2 N–H and O–H groups in total. The Hall–Kier alpha value is -1.71. The minimum Gasteiger partial charge on any atom is -0.392 e. The molecule has 0 aliphatic carbocycles. The predicted octanol–water partition coefficient (Wildman–Crippen LogP) is 1.66. The Balaban J connectivity index is 2.37. The molecule has 3 heteroatoms. The first-order valence-electron chi connectivity index (χ1n) is 5.56. The van der Waals surface area contributed by atoms with Gasteiger partial charge in [0.1, 0.15) is 0 Å². The summed E-state index contributed by atoms with van der Waals surface area (Å²) in [6, 6.07) is 11.3. The molecular formula is C14H15NO2. The Kier molecular flexibility index (Phi) is 3.85. The van der Waals surface area contributed by atoms with Gasteiger partial charge < -0.3 is 10.2 Å². The number of hydrogen-bond donors (Lipinski definition) is 2. The van der Waals surface area contributed by atoms with Crippen molar-refractivity contribution in [1.29, 1.82) is 0 Å². The van der Waals surface area contributed by atoms with Gasteiger partial charge in [-0.05, 0) is 28.8 Å². The molecule has 0 saturated heterocycles. The van der Waals surface area contributed by atoms with E-state index in [-0.39, 0.29) is 13.2 Å². The summed E-state index contributed by atoms with van der Waals surface area (Å²) in [6.07, 6.45) is 2.38. The molecule has 0 amide bonds. The fraction of sp³-hybridized carbons (Fsp3) is 0.214. The number of rotatable bonds is 4. The van der Waals surface area contributed by atoms with Crippen LogP contribution in [0.25, 0.3) is 0 Å². The summed E-state index contributed by atoms with van der Waals surface area (Å²) >= 11 is 0. The quantitative estimate of drug-likeness (QED) is 0.838. The van der Waals surface area contributed by atoms with Gasteiger partial charge >= 0.3 is 0 Å². The third kappa shape index (κ3) is 2.70. The molecule has 1 aromatic carbocycles. The van der Waals surface area contributed by atoms with Crippen molar-refractivity contribution >= 4 is 0 Å². The van der Waals surface area contributed by atoms with Crippen molar-refractivity contribution in [3.63, 3.8) is 0 Å². The predicted molar refractivity (Wildman–Crippen MR) is 65.3 cm³/mol. The number of aromatic nitrogens is 1. The Morgan fingerprint density at radius 2 is 1.59 bits per heavy atom. The summed E-state index contributed by atoms with van der Waals surface area (Å²) in [5.41, 5.74) is 3.60. The molecule has 0 unspecified atom stereocenters. The molecule has 3 nitrogen and oxygen atoms in total. The van der Waals surface area contributed by atoms with Crippen LogP contribution in [0.1, 0.15) is 22.4 Å². The van der Waals surface area contributed by atoms with E-state index in [4.69, 9.17) is 0 Å². The second kappa shape index (κ2) is 5.57. The first-order chi connectivity index (χ1) is 8.35. The van der Waals surface area contributed by atoms with E-state index >= 15 is 0 Å². The summed E-state index contributed by atoms with van der Waals surface area (Å²) in [6.45, 7) is -0.0357. The fourth-order valence-electron chi connectivity index (χ4n) is 1.89. The van der Waals surface area contributed by atoms with Gasteiger partial charge in [0.15, 0.2) is 0 Å². The van der Waals surface area contributed by atoms with Crippen LogP contribution >= 0.6 is 0 Å². The smallest absolute Gasteiger partial charge is 0.0684 e. The van der Waals surface area contributed by atoms with E-state index in [2.05, 4.69) is 4.98 Å². The maximum atomic E-state index is 9.31. The Bertz CT molecular complexity index is 461. The molecule has 0 bridgehead atoms. The first kappa shape index (κ1) is 11.8. The van der Waals surface area contributed by atoms with Crippen molar-refractivity contribution in [1.82, 2.24) is 4.98 Å². The molecule has 0 aliphatic rings. The van der Waals surface area contributed by atoms with Crippen molar-refractivity contribution in [2.45, 2.75) is 19.6 Å². The Labute approximate surface area is 100 Å². The number of nitrogens with zero attached hydrogens (tertiary/aromatic N) is 1. The molecule has 2 aromatic rings. The highest BCUT2D eigenvalue weighted by molar-refractivity contribution is 5.37. The largest absolute Gasteiger partial charge is 0.392 e. The van der Waals surface area contributed by atoms with E-state index in [1.54, 1.807) is 6.20 Å². The second-order valence-corrected chi connectivity index (χ2v) is 3.87. The molecule has 0 aliphatic heterocycles. The summed E-state index contributed by atoms with van der Waals surface area (Å²) in [7, 11) is 0. The molecule has 0 fully saturated rings. The van der Waals surface area contributed by atoms with Crippen molar-refractivity contribution in [3.05, 3.63) is 65.0 Å². The molecule has 0 spiro atoms. The minimum atomic E-state index is -0.0179. The third-order valence-corrected chi connectivity index (χ3v) is 2.79. The van der Waals surface area contributed by atoms with Gasteiger partial charge in [0.25, 0.3) is 0 Å². The summed E-state index contributed by atoms with van der Waals surface area (Å²) < 4.78 is 0. The van der Waals surface area contributed by atoms with E-state index < -0.39 is 0 Å². The molecule has 2 rings (SSSR count). The number of benzene rings is 1. The molecule has 17 heavy (non-hydrogen) atoms. The van der Waals surface area contributed by atoms with Crippen LogP contribution in [0.15, 0.2) is 42.6 Å². The second-order valence-electron chi connectivity index (χ2n) is 3.87. The molecule has 1 aromatic heterocycles. The van der Waals surface area contributed by atoms with Crippen LogP contribution in [0.2, 0.25) is 0 Å². The van der Waals surface area contributed by atoms with Crippen LogP contribution in [0.4, 0.5) is 0 Å². The lowest BCUT2D eigenvalue weighted by atomic mass is 9.97. The topological polar surface area (TPSA) is 53.4 Å². The molecule has 1 heterocycles. The van der Waals surface area contributed by atoms with Crippen LogP contribution in [0, 0.1) is 0 Å². The monoisotopic (exact) mass is 229 g/mol. The van der Waals surface area contributed by atoms with Crippen LogP contribution in [0.5, 0.6) is 0 Å². The van der Waals surface area contributed by atoms with Gasteiger partial charge in [0.05, 0.1) is 13.2 Å². The van der Waals surface area contributed by atoms with E-state index in [0.717, 1.165) is 22.4 Å². The molecular weight excluding hydrogens is 214 g/mol. The highest BCUT2D eigenvalue weighted by Gasteiger charge is 2.08. The summed E-state index contributed by atoms with van der Waals surface area (Å²) in [5, 5.41) is 18.6. The lowest BCUT2D eigenvalue weighted by Crippen LogP contribution is -2.02. The lowest BCUT2D eigenvalue weighted by Gasteiger charge is -2.11. The standard InChI is InChI=1S/C14H15NO2/c16-9-11-4-3-5-12(10-17)14(11)8-13-6-1-2-7-15-13/h1-7,16-17H,8-10H2. The molecule has 0 saturated carbocycles. The van der Waals surface area contributed by atoms with Gasteiger partial charge in [-0.15, -0.1) is 0 Å².